The molecule has 1 rings (SSSR count). The summed E-state index contributed by atoms with van der Waals surface area (Å²) >= 11 is 8.26. The third-order valence-corrected chi connectivity index (χ3v) is 5.73. The second-order valence-corrected chi connectivity index (χ2v) is 9.29. The Morgan fingerprint density at radius 1 is 0.912 bits per heavy atom. The van der Waals surface area contributed by atoms with Crippen LogP contribution in [-0.4, -0.2) is 71.4 Å². The van der Waals surface area contributed by atoms with Gasteiger partial charge in [-0.1, -0.05) is 26.0 Å². The molecule has 34 heavy (non-hydrogen) atoms. The van der Waals surface area contributed by atoms with E-state index < -0.39 is 59.9 Å². The molecule has 0 saturated carbocycles. The van der Waals surface area contributed by atoms with E-state index >= 15 is 0 Å². The minimum absolute atomic E-state index is 0.0197. The Balaban J connectivity index is 3.19. The molecule has 0 aliphatic carbocycles. The smallest absolute Gasteiger partial charge is 0.328 e. The number of cyclic esters (lactones) is 1. The molecule has 4 N–H and O–H groups in total. The van der Waals surface area contributed by atoms with E-state index in [1.54, 1.807) is 19.9 Å². The van der Waals surface area contributed by atoms with Gasteiger partial charge in [-0.25, -0.2) is 4.79 Å². The summed E-state index contributed by atoms with van der Waals surface area (Å²) in [4.78, 5) is 63.2. The molecule has 1 unspecified atom stereocenters. The first kappa shape index (κ1) is 29.8. The highest BCUT2D eigenvalue weighted by Gasteiger charge is 2.32. The van der Waals surface area contributed by atoms with Crippen molar-refractivity contribution in [2.45, 2.75) is 77.2 Å². The minimum Gasteiger partial charge on any atom is -0.460 e. The number of amides is 4. The number of hydrogen-bond donors (Lipinski definition) is 6. The second-order valence-electron chi connectivity index (χ2n) is 8.48. The number of hydrogen-bond acceptors (Lipinski definition) is 8. The van der Waals surface area contributed by atoms with E-state index in [4.69, 9.17) is 4.74 Å². The van der Waals surface area contributed by atoms with Gasteiger partial charge in [-0.15, -0.1) is 0 Å². The van der Waals surface area contributed by atoms with Crippen LogP contribution in [0.3, 0.4) is 0 Å². The Labute approximate surface area is 211 Å². The predicted octanol–water partition coefficient (Wildman–Crippen LogP) is 0.133. The van der Waals surface area contributed by atoms with Crippen LogP contribution in [0.5, 0.6) is 0 Å². The summed E-state index contributed by atoms with van der Waals surface area (Å²) in [6.45, 7) is 6.43. The molecule has 1 aliphatic heterocycles. The van der Waals surface area contributed by atoms with Crippen LogP contribution in [0.25, 0.3) is 0 Å². The van der Waals surface area contributed by atoms with Crippen molar-refractivity contribution in [3.63, 3.8) is 0 Å². The van der Waals surface area contributed by atoms with Crippen LogP contribution < -0.4 is 21.3 Å². The van der Waals surface area contributed by atoms with E-state index in [-0.39, 0.29) is 24.5 Å². The van der Waals surface area contributed by atoms with Crippen molar-refractivity contribution in [2.24, 2.45) is 5.92 Å². The van der Waals surface area contributed by atoms with Gasteiger partial charge in [0, 0.05) is 12.2 Å². The molecule has 0 bridgehead atoms. The molecular formula is C22H36N4O6S2. The Morgan fingerprint density at radius 2 is 1.59 bits per heavy atom. The zero-order chi connectivity index (χ0) is 25.8. The fourth-order valence-electron chi connectivity index (χ4n) is 3.09. The van der Waals surface area contributed by atoms with Gasteiger partial charge in [-0.3, -0.25) is 19.2 Å². The second kappa shape index (κ2) is 14.9. The number of nitrogens with one attached hydrogen (secondary N) is 4. The van der Waals surface area contributed by atoms with Crippen LogP contribution in [0.1, 0.15) is 47.0 Å². The van der Waals surface area contributed by atoms with Gasteiger partial charge < -0.3 is 26.0 Å². The van der Waals surface area contributed by atoms with Crippen molar-refractivity contribution in [3.8, 4) is 0 Å². The molecule has 0 aromatic heterocycles. The van der Waals surface area contributed by atoms with Crippen molar-refractivity contribution in [1.82, 2.24) is 21.3 Å². The highest BCUT2D eigenvalue weighted by molar-refractivity contribution is 7.80. The van der Waals surface area contributed by atoms with Gasteiger partial charge in [0.25, 0.3) is 0 Å². The Hall–Kier alpha value is -2.21. The standard InChI is InChI=1S/C22H36N4O6S2/c1-12(2)18-21(30)24-14(4)22(31)32-15(8-6-5-7-9-33)10-17(27)23-13(3)19(28)25-16(11-34)20(29)26-18/h5-6,12-16,18,33-34H,7-11H2,1-4H3,(H,23,27)(H,24,30)(H,25,28)(H,26,29)/b6-5+/t13-,14-,15?,16-,18-/m0/s1. The van der Waals surface area contributed by atoms with Crippen LogP contribution in [0.4, 0.5) is 0 Å². The molecule has 192 valence electrons. The van der Waals surface area contributed by atoms with Crippen LogP contribution in [-0.2, 0) is 28.7 Å². The number of carbonyl (C=O) groups excluding carboxylic acids is 5. The molecular weight excluding hydrogens is 480 g/mol. The first-order valence-electron chi connectivity index (χ1n) is 11.3. The Bertz CT molecular complexity index is 776. The van der Waals surface area contributed by atoms with Gasteiger partial charge in [0.1, 0.15) is 30.3 Å². The van der Waals surface area contributed by atoms with E-state index in [0.29, 0.717) is 12.2 Å². The van der Waals surface area contributed by atoms with Crippen LogP contribution >= 0.6 is 25.3 Å². The number of ether oxygens (including phenoxy) is 1. The van der Waals surface area contributed by atoms with Crippen molar-refractivity contribution in [2.75, 3.05) is 11.5 Å². The van der Waals surface area contributed by atoms with Crippen molar-refractivity contribution in [3.05, 3.63) is 12.2 Å². The van der Waals surface area contributed by atoms with Gasteiger partial charge in [0.05, 0.1) is 6.42 Å². The van der Waals surface area contributed by atoms with Gasteiger partial charge in [0.15, 0.2) is 0 Å². The number of thiol groups is 2. The molecule has 0 spiro atoms. The molecule has 5 atom stereocenters. The van der Waals surface area contributed by atoms with Crippen LogP contribution in [0, 0.1) is 5.92 Å². The third-order valence-electron chi connectivity index (χ3n) is 5.10. The summed E-state index contributed by atoms with van der Waals surface area (Å²) in [6, 6.07) is -3.93. The summed E-state index contributed by atoms with van der Waals surface area (Å²) in [7, 11) is 0. The lowest BCUT2D eigenvalue weighted by Crippen LogP contribution is -2.59. The molecule has 1 saturated heterocycles. The van der Waals surface area contributed by atoms with Crippen LogP contribution in [0.15, 0.2) is 12.2 Å². The van der Waals surface area contributed by atoms with E-state index in [2.05, 4.69) is 46.5 Å². The topological polar surface area (TPSA) is 143 Å². The summed E-state index contributed by atoms with van der Waals surface area (Å²) in [5, 5.41) is 10.3. The van der Waals surface area contributed by atoms with Gasteiger partial charge in [-0.2, -0.15) is 25.3 Å². The van der Waals surface area contributed by atoms with E-state index in [0.717, 1.165) is 0 Å². The molecule has 1 fully saturated rings. The monoisotopic (exact) mass is 516 g/mol. The molecule has 12 heteroatoms. The SMILES string of the molecule is CC(C)[C@@H]1NC(=O)[C@H](CS)NC(=O)[C@H](C)NC(=O)CC(C/C=C/CCS)OC(=O)[C@H](C)NC1=O. The Morgan fingerprint density at radius 3 is 2.18 bits per heavy atom. The average Bonchev–Trinajstić information content (AvgIpc) is 2.76. The highest BCUT2D eigenvalue weighted by atomic mass is 32.1. The first-order valence-corrected chi connectivity index (χ1v) is 12.5. The summed E-state index contributed by atoms with van der Waals surface area (Å²) in [5.41, 5.74) is 0. The predicted molar refractivity (Wildman–Crippen MR) is 134 cm³/mol. The summed E-state index contributed by atoms with van der Waals surface area (Å²) in [5.74, 6) is -2.65. The van der Waals surface area contributed by atoms with Gasteiger partial charge in [-0.05, 0) is 31.9 Å². The zero-order valence-electron chi connectivity index (χ0n) is 20.0. The maximum absolute atomic E-state index is 12.8. The summed E-state index contributed by atoms with van der Waals surface area (Å²) < 4.78 is 5.49. The quantitative estimate of drug-likeness (QED) is 0.168. The van der Waals surface area contributed by atoms with Crippen molar-refractivity contribution < 1.29 is 28.7 Å². The van der Waals surface area contributed by atoms with Crippen molar-refractivity contribution >= 4 is 54.9 Å². The maximum atomic E-state index is 12.8. The lowest BCUT2D eigenvalue weighted by molar-refractivity contribution is -0.154. The number of carbonyl (C=O) groups is 5. The number of allylic oxidation sites excluding steroid dienone is 1. The normalized spacial score (nSPS) is 28.2. The molecule has 0 radical (unpaired) electrons. The molecule has 1 aliphatic rings. The number of rotatable bonds is 6. The van der Waals surface area contributed by atoms with Gasteiger partial charge >= 0.3 is 5.97 Å². The van der Waals surface area contributed by atoms with E-state index in [1.807, 2.05) is 6.08 Å². The third kappa shape index (κ3) is 9.96. The highest BCUT2D eigenvalue weighted by Crippen LogP contribution is 2.10. The molecule has 10 nitrogen and oxygen atoms in total. The van der Waals surface area contributed by atoms with E-state index in [9.17, 15) is 24.0 Å². The summed E-state index contributed by atoms with van der Waals surface area (Å²) in [6.07, 6.45) is 3.68. The molecule has 0 aromatic rings. The van der Waals surface area contributed by atoms with Gasteiger partial charge in [0.2, 0.25) is 23.6 Å². The van der Waals surface area contributed by atoms with E-state index in [1.165, 1.54) is 13.8 Å². The maximum Gasteiger partial charge on any atom is 0.328 e. The molecule has 1 heterocycles. The first-order chi connectivity index (χ1) is 16.0. The fraction of sp³-hybridized carbons (Fsp3) is 0.682. The fourth-order valence-corrected chi connectivity index (χ4v) is 3.50. The Kier molecular flexibility index (Phi) is 13.1. The average molecular weight is 517 g/mol. The zero-order valence-corrected chi connectivity index (χ0v) is 21.8. The molecule has 4 amide bonds. The number of esters is 1. The minimum atomic E-state index is -1.02. The lowest BCUT2D eigenvalue weighted by atomic mass is 10.0. The van der Waals surface area contributed by atoms with Crippen LogP contribution in [0.2, 0.25) is 0 Å². The van der Waals surface area contributed by atoms with Crippen molar-refractivity contribution in [1.29, 1.82) is 0 Å². The largest absolute Gasteiger partial charge is 0.460 e. The molecule has 0 aromatic carbocycles. The lowest BCUT2D eigenvalue weighted by Gasteiger charge is -2.27.